The van der Waals surface area contributed by atoms with Gasteiger partial charge in [-0.05, 0) is 30.7 Å². The maximum atomic E-state index is 10.3. The van der Waals surface area contributed by atoms with Crippen LogP contribution in [0.2, 0.25) is 0 Å². The van der Waals surface area contributed by atoms with E-state index >= 15 is 0 Å². The third-order valence-electron chi connectivity index (χ3n) is 2.88. The third-order valence-corrected chi connectivity index (χ3v) is 3.99. The van der Waals surface area contributed by atoms with E-state index < -0.39 is 6.23 Å². The Morgan fingerprint density at radius 3 is 2.86 bits per heavy atom. The Labute approximate surface area is 127 Å². The molecule has 2 aromatic rings. The molecule has 0 bridgehead atoms. The van der Waals surface area contributed by atoms with E-state index in [1.807, 2.05) is 19.1 Å². The van der Waals surface area contributed by atoms with Gasteiger partial charge in [0.2, 0.25) is 0 Å². The van der Waals surface area contributed by atoms with Crippen molar-refractivity contribution >= 4 is 39.6 Å². The van der Waals surface area contributed by atoms with Crippen molar-refractivity contribution in [2.45, 2.75) is 13.2 Å². The molecule has 0 amide bonds. The second-order valence-electron chi connectivity index (χ2n) is 4.54. The van der Waals surface area contributed by atoms with E-state index in [-0.39, 0.29) is 0 Å². The molecule has 0 aliphatic carbocycles. The third kappa shape index (κ3) is 3.62. The molecule has 1 unspecified atom stereocenters. The molecule has 110 valence electrons. The molecule has 0 fully saturated rings. The van der Waals surface area contributed by atoms with Crippen molar-refractivity contribution in [2.75, 3.05) is 16.8 Å². The summed E-state index contributed by atoms with van der Waals surface area (Å²) in [5.41, 5.74) is 14.6. The summed E-state index contributed by atoms with van der Waals surface area (Å²) in [6.07, 6.45) is 2.27. The number of nitrogens with one attached hydrogen (secondary N) is 1. The fraction of sp³-hybridized carbons (Fsp3) is 0.133. The SMILES string of the molecule is C=C/C=N\c1sc(C(O)Nc2cc(N)ccc2C)cc1N. The molecule has 2 rings (SSSR count). The second kappa shape index (κ2) is 6.43. The highest BCUT2D eigenvalue weighted by molar-refractivity contribution is 7.16. The second-order valence-corrected chi connectivity index (χ2v) is 5.61. The van der Waals surface area contributed by atoms with Crippen LogP contribution in [0.5, 0.6) is 0 Å². The number of allylic oxidation sites excluding steroid dienone is 1. The first-order chi connectivity index (χ1) is 10.0. The van der Waals surface area contributed by atoms with Crippen LogP contribution in [0.15, 0.2) is 41.9 Å². The number of aliphatic imine (C=N–C) groups is 1. The van der Waals surface area contributed by atoms with E-state index in [0.717, 1.165) is 11.3 Å². The molecule has 6 N–H and O–H groups in total. The fourth-order valence-corrected chi connectivity index (χ4v) is 2.65. The minimum atomic E-state index is -0.870. The van der Waals surface area contributed by atoms with Crippen LogP contribution in [0.25, 0.3) is 0 Å². The molecule has 21 heavy (non-hydrogen) atoms. The minimum Gasteiger partial charge on any atom is -0.399 e. The average molecular weight is 302 g/mol. The van der Waals surface area contributed by atoms with Crippen LogP contribution in [0, 0.1) is 6.92 Å². The Morgan fingerprint density at radius 2 is 2.14 bits per heavy atom. The summed E-state index contributed by atoms with van der Waals surface area (Å²) in [5, 5.41) is 14.0. The van der Waals surface area contributed by atoms with Gasteiger partial charge < -0.3 is 21.9 Å². The van der Waals surface area contributed by atoms with Crippen LogP contribution in [0.3, 0.4) is 0 Å². The molecule has 1 aromatic heterocycles. The topological polar surface area (TPSA) is 96.7 Å². The van der Waals surface area contributed by atoms with Crippen LogP contribution in [-0.2, 0) is 0 Å². The number of aliphatic hydroxyl groups excluding tert-OH is 1. The molecule has 0 radical (unpaired) electrons. The number of nitrogens with two attached hydrogens (primary N) is 2. The number of aliphatic hydroxyl groups is 1. The highest BCUT2D eigenvalue weighted by Crippen LogP contribution is 2.36. The van der Waals surface area contributed by atoms with Crippen LogP contribution in [0.1, 0.15) is 16.7 Å². The monoisotopic (exact) mass is 302 g/mol. The number of aryl methyl sites for hydroxylation is 1. The quantitative estimate of drug-likeness (QED) is 0.387. The van der Waals surface area contributed by atoms with Crippen LogP contribution in [-0.4, -0.2) is 11.3 Å². The van der Waals surface area contributed by atoms with Gasteiger partial charge in [0.25, 0.3) is 0 Å². The summed E-state index contributed by atoms with van der Waals surface area (Å²) in [7, 11) is 0. The van der Waals surface area contributed by atoms with Gasteiger partial charge >= 0.3 is 0 Å². The first-order valence-electron chi connectivity index (χ1n) is 6.36. The lowest BCUT2D eigenvalue weighted by Gasteiger charge is -2.15. The Kier molecular flexibility index (Phi) is 4.62. The molecule has 0 aliphatic rings. The Bertz CT molecular complexity index is 678. The average Bonchev–Trinajstić information content (AvgIpc) is 2.82. The zero-order valence-electron chi connectivity index (χ0n) is 11.7. The summed E-state index contributed by atoms with van der Waals surface area (Å²) in [6.45, 7) is 5.50. The molecule has 6 heteroatoms. The van der Waals surface area contributed by atoms with Gasteiger partial charge in [-0.2, -0.15) is 0 Å². The van der Waals surface area contributed by atoms with Gasteiger partial charge in [0.15, 0.2) is 6.23 Å². The molecule has 5 nitrogen and oxygen atoms in total. The van der Waals surface area contributed by atoms with Crippen LogP contribution >= 0.6 is 11.3 Å². The maximum Gasteiger partial charge on any atom is 0.160 e. The van der Waals surface area contributed by atoms with Crippen LogP contribution in [0.4, 0.5) is 22.1 Å². The van der Waals surface area contributed by atoms with Crippen molar-refractivity contribution < 1.29 is 5.11 Å². The van der Waals surface area contributed by atoms with Crippen molar-refractivity contribution in [3.63, 3.8) is 0 Å². The first-order valence-corrected chi connectivity index (χ1v) is 7.18. The van der Waals surface area contributed by atoms with Crippen molar-refractivity contribution in [1.29, 1.82) is 0 Å². The standard InChI is InChI=1S/C15H18N4OS/c1-3-6-18-15-11(17)8-13(21-15)14(20)19-12-7-10(16)5-4-9(12)2/h3-8,14,19-20H,1,16-17H2,2H3/b18-6-. The normalized spacial score (nSPS) is 12.5. The van der Waals surface area contributed by atoms with Crippen LogP contribution < -0.4 is 16.8 Å². The number of benzene rings is 1. The molecule has 1 heterocycles. The molecular formula is C15H18N4OS. The van der Waals surface area contributed by atoms with E-state index in [2.05, 4.69) is 16.9 Å². The van der Waals surface area contributed by atoms with E-state index in [1.54, 1.807) is 24.4 Å². The summed E-state index contributed by atoms with van der Waals surface area (Å²) < 4.78 is 0. The van der Waals surface area contributed by atoms with Gasteiger partial charge in [0.05, 0.1) is 10.6 Å². The molecular weight excluding hydrogens is 284 g/mol. The van der Waals surface area contributed by atoms with E-state index in [4.69, 9.17) is 11.5 Å². The molecule has 0 saturated carbocycles. The number of rotatable bonds is 5. The largest absolute Gasteiger partial charge is 0.399 e. The lowest BCUT2D eigenvalue weighted by molar-refractivity contribution is 0.212. The number of hydrogen-bond donors (Lipinski definition) is 4. The zero-order valence-corrected chi connectivity index (χ0v) is 12.5. The van der Waals surface area contributed by atoms with Crippen molar-refractivity contribution in [1.82, 2.24) is 0 Å². The summed E-state index contributed by atoms with van der Waals surface area (Å²) in [6, 6.07) is 7.21. The number of anilines is 3. The van der Waals surface area contributed by atoms with Gasteiger partial charge in [-0.3, -0.25) is 0 Å². The maximum absolute atomic E-state index is 10.3. The van der Waals surface area contributed by atoms with Crippen molar-refractivity contribution in [2.24, 2.45) is 4.99 Å². The number of nitrogen functional groups attached to an aromatic ring is 2. The van der Waals surface area contributed by atoms with Crippen molar-refractivity contribution in [3.8, 4) is 0 Å². The molecule has 1 aromatic carbocycles. The van der Waals surface area contributed by atoms with E-state index in [1.165, 1.54) is 11.3 Å². The minimum absolute atomic E-state index is 0.526. The zero-order chi connectivity index (χ0) is 15.4. The lowest BCUT2D eigenvalue weighted by atomic mass is 10.2. The van der Waals surface area contributed by atoms with Gasteiger partial charge in [0, 0.05) is 17.6 Å². The van der Waals surface area contributed by atoms with E-state index in [0.29, 0.717) is 21.3 Å². The lowest BCUT2D eigenvalue weighted by Crippen LogP contribution is -2.09. The predicted molar refractivity (Wildman–Crippen MR) is 91.3 cm³/mol. The highest BCUT2D eigenvalue weighted by atomic mass is 32.1. The molecule has 0 aliphatic heterocycles. The number of hydrogen-bond acceptors (Lipinski definition) is 6. The molecule has 0 saturated heterocycles. The Hall–Kier alpha value is -2.31. The first kappa shape index (κ1) is 15.1. The summed E-state index contributed by atoms with van der Waals surface area (Å²) in [4.78, 5) is 4.84. The van der Waals surface area contributed by atoms with Gasteiger partial charge in [0.1, 0.15) is 5.00 Å². The number of thiophene rings is 1. The molecule has 0 spiro atoms. The van der Waals surface area contributed by atoms with E-state index in [9.17, 15) is 5.11 Å². The highest BCUT2D eigenvalue weighted by Gasteiger charge is 2.14. The van der Waals surface area contributed by atoms with Crippen molar-refractivity contribution in [3.05, 3.63) is 47.4 Å². The van der Waals surface area contributed by atoms with Gasteiger partial charge in [-0.25, -0.2) is 4.99 Å². The Morgan fingerprint density at radius 1 is 1.38 bits per heavy atom. The predicted octanol–water partition coefficient (Wildman–Crippen LogP) is 3.21. The Balaban J connectivity index is 2.20. The number of nitrogens with zero attached hydrogens (tertiary/aromatic N) is 1. The summed E-state index contributed by atoms with van der Waals surface area (Å²) in [5.74, 6) is 0. The van der Waals surface area contributed by atoms with Gasteiger partial charge in [-0.1, -0.05) is 18.7 Å². The van der Waals surface area contributed by atoms with Gasteiger partial charge in [-0.15, -0.1) is 11.3 Å². The molecule has 1 atom stereocenters. The summed E-state index contributed by atoms with van der Waals surface area (Å²) >= 11 is 1.32. The fourth-order valence-electron chi connectivity index (χ4n) is 1.78. The smallest absolute Gasteiger partial charge is 0.160 e.